The Balaban J connectivity index is 0.000000201. The monoisotopic (exact) mass is 726 g/mol. The minimum absolute atomic E-state index is 0.0708. The molecule has 0 amide bonds. The molecule has 0 fully saturated rings. The summed E-state index contributed by atoms with van der Waals surface area (Å²) in [4.78, 5) is 16.6. The van der Waals surface area contributed by atoms with Gasteiger partial charge in [-0.15, -0.1) is 20.4 Å². The van der Waals surface area contributed by atoms with Gasteiger partial charge < -0.3 is 19.5 Å². The number of rotatable bonds is 12. The molecule has 2 aromatic carbocycles. The van der Waals surface area contributed by atoms with Crippen LogP contribution in [0, 0.1) is 11.6 Å². The van der Waals surface area contributed by atoms with Crippen molar-refractivity contribution in [3.05, 3.63) is 108 Å². The zero-order chi connectivity index (χ0) is 37.5. The fourth-order valence-electron chi connectivity index (χ4n) is 4.67. The van der Waals surface area contributed by atoms with Gasteiger partial charge in [0.25, 0.3) is 23.6 Å². The van der Waals surface area contributed by atoms with Gasteiger partial charge in [0.1, 0.15) is 11.6 Å². The van der Waals surface area contributed by atoms with Gasteiger partial charge in [-0.1, -0.05) is 38.1 Å². The molecular formula is C34H32F6N10O2. The maximum atomic E-state index is 13.1. The van der Waals surface area contributed by atoms with Crippen molar-refractivity contribution in [1.82, 2.24) is 40.3 Å². The molecule has 0 unspecified atom stereocenters. The first-order chi connectivity index (χ1) is 24.7. The van der Waals surface area contributed by atoms with Crippen LogP contribution in [0.5, 0.6) is 0 Å². The molecule has 0 atom stereocenters. The minimum Gasteiger partial charge on any atom is -0.415 e. The summed E-state index contributed by atoms with van der Waals surface area (Å²) in [7, 11) is 0. The smallest absolute Gasteiger partial charge is 0.314 e. The second-order valence-corrected chi connectivity index (χ2v) is 12.6. The van der Waals surface area contributed by atoms with E-state index in [0.29, 0.717) is 36.0 Å². The van der Waals surface area contributed by atoms with E-state index in [1.807, 2.05) is 27.7 Å². The highest BCUT2D eigenvalue weighted by atomic mass is 19.3. The summed E-state index contributed by atoms with van der Waals surface area (Å²) in [5, 5.41) is 19.9. The average Bonchev–Trinajstić information content (AvgIpc) is 3.81. The number of hydrogen-bond acceptors (Lipinski definition) is 12. The standard InChI is InChI=1S/2C17H16F3N5O/c1-17(2,11-3-5-12(18)6-4-11)9-23-16-21-7-10(8-22-16)14-24-25-15(26-14)13(19)20;1-17(2,7-10-3-5-12(18)6-4-10)23-16-21-8-11(9-22-16)14-24-25-15(26-14)13(19)20/h3-8,13H,9H2,1-2H3,(H,21,22,23);3-6,8-9,13H,7H2,1-2H3,(H,21,22,23). The highest BCUT2D eigenvalue weighted by molar-refractivity contribution is 5.51. The molecule has 52 heavy (non-hydrogen) atoms. The Hall–Kier alpha value is -5.94. The number of benzene rings is 2. The van der Waals surface area contributed by atoms with Gasteiger partial charge in [-0.2, -0.15) is 17.6 Å². The van der Waals surface area contributed by atoms with Crippen molar-refractivity contribution in [3.8, 4) is 22.9 Å². The number of nitrogens with zero attached hydrogens (tertiary/aromatic N) is 8. The fraction of sp³-hybridized carbons (Fsp3) is 0.294. The van der Waals surface area contributed by atoms with Crippen LogP contribution in [0.4, 0.5) is 38.2 Å². The van der Waals surface area contributed by atoms with Crippen LogP contribution in [-0.2, 0) is 11.8 Å². The first-order valence-electron chi connectivity index (χ1n) is 15.6. The van der Waals surface area contributed by atoms with Crippen LogP contribution in [0.25, 0.3) is 22.9 Å². The first kappa shape index (κ1) is 37.3. The Labute approximate surface area is 293 Å². The van der Waals surface area contributed by atoms with E-state index in [1.165, 1.54) is 49.1 Å². The summed E-state index contributed by atoms with van der Waals surface area (Å²) in [5.41, 5.74) is 1.93. The molecule has 6 rings (SSSR count). The molecule has 0 bridgehead atoms. The SMILES string of the molecule is CC(C)(CNc1ncc(-c2nnc(C(F)F)o2)cn1)c1ccc(F)cc1.CC(C)(Cc1ccc(F)cc1)Nc1ncc(-c2nnc(C(F)F)o2)cn1. The number of aromatic nitrogens is 8. The third kappa shape index (κ3) is 10.1. The zero-order valence-electron chi connectivity index (χ0n) is 28.2. The molecule has 2 N–H and O–H groups in total. The molecular weight excluding hydrogens is 694 g/mol. The number of halogens is 6. The lowest BCUT2D eigenvalue weighted by molar-refractivity contribution is 0.115. The highest BCUT2D eigenvalue weighted by Gasteiger charge is 2.23. The van der Waals surface area contributed by atoms with Gasteiger partial charge in [0.05, 0.1) is 11.1 Å². The molecule has 0 aliphatic heterocycles. The van der Waals surface area contributed by atoms with Crippen LogP contribution in [0.2, 0.25) is 0 Å². The predicted octanol–water partition coefficient (Wildman–Crippen LogP) is 8.03. The van der Waals surface area contributed by atoms with Crippen molar-refractivity contribution < 1.29 is 35.2 Å². The molecule has 0 aliphatic rings. The summed E-state index contributed by atoms with van der Waals surface area (Å²) < 4.78 is 85.7. The lowest BCUT2D eigenvalue weighted by Gasteiger charge is -2.26. The molecule has 18 heteroatoms. The normalized spacial score (nSPS) is 11.8. The quantitative estimate of drug-likeness (QED) is 0.117. The van der Waals surface area contributed by atoms with Gasteiger partial charge in [0, 0.05) is 42.3 Å². The third-order valence-electron chi connectivity index (χ3n) is 7.38. The van der Waals surface area contributed by atoms with Gasteiger partial charge >= 0.3 is 12.9 Å². The molecule has 272 valence electrons. The largest absolute Gasteiger partial charge is 0.415 e. The third-order valence-corrected chi connectivity index (χ3v) is 7.38. The number of anilines is 2. The topological polar surface area (TPSA) is 153 Å². The van der Waals surface area contributed by atoms with E-state index in [4.69, 9.17) is 8.83 Å². The van der Waals surface area contributed by atoms with Gasteiger partial charge in [-0.25, -0.2) is 28.7 Å². The lowest BCUT2D eigenvalue weighted by atomic mass is 9.84. The van der Waals surface area contributed by atoms with Crippen LogP contribution in [0.1, 0.15) is 63.5 Å². The summed E-state index contributed by atoms with van der Waals surface area (Å²) in [6.45, 7) is 8.44. The van der Waals surface area contributed by atoms with Crippen LogP contribution in [0.3, 0.4) is 0 Å². The molecule has 0 radical (unpaired) electrons. The van der Waals surface area contributed by atoms with Crippen LogP contribution in [-0.4, -0.2) is 52.4 Å². The molecule has 0 spiro atoms. The number of alkyl halides is 4. The zero-order valence-corrected chi connectivity index (χ0v) is 28.2. The summed E-state index contributed by atoms with van der Waals surface area (Å²) in [6.07, 6.45) is 0.598. The number of hydrogen-bond donors (Lipinski definition) is 2. The second kappa shape index (κ2) is 15.9. The predicted molar refractivity (Wildman–Crippen MR) is 176 cm³/mol. The van der Waals surface area contributed by atoms with E-state index in [0.717, 1.165) is 11.1 Å². The van der Waals surface area contributed by atoms with Crippen molar-refractivity contribution in [1.29, 1.82) is 0 Å². The van der Waals surface area contributed by atoms with Gasteiger partial charge in [-0.05, 0) is 55.7 Å². The first-order valence-corrected chi connectivity index (χ1v) is 15.6. The van der Waals surface area contributed by atoms with E-state index in [2.05, 4.69) is 51.0 Å². The van der Waals surface area contributed by atoms with E-state index in [1.54, 1.807) is 24.3 Å². The second-order valence-electron chi connectivity index (χ2n) is 12.6. The Morgan fingerprint density at radius 2 is 1.06 bits per heavy atom. The van der Waals surface area contributed by atoms with E-state index < -0.39 is 30.2 Å². The van der Waals surface area contributed by atoms with Crippen molar-refractivity contribution >= 4 is 11.9 Å². The molecule has 4 heterocycles. The Bertz CT molecular complexity index is 2020. The molecule has 0 aliphatic carbocycles. The highest BCUT2D eigenvalue weighted by Crippen LogP contribution is 2.26. The van der Waals surface area contributed by atoms with Crippen molar-refractivity contribution in [2.24, 2.45) is 0 Å². The summed E-state index contributed by atoms with van der Waals surface area (Å²) >= 11 is 0. The molecule has 6 aromatic rings. The lowest BCUT2D eigenvalue weighted by Crippen LogP contribution is -2.34. The molecule has 12 nitrogen and oxygen atoms in total. The molecule has 4 aromatic heterocycles. The Kier molecular flexibility index (Phi) is 11.4. The number of nitrogens with one attached hydrogen (secondary N) is 2. The van der Waals surface area contributed by atoms with E-state index in [9.17, 15) is 26.3 Å². The van der Waals surface area contributed by atoms with E-state index in [-0.39, 0.29) is 28.8 Å². The molecule has 0 saturated heterocycles. The van der Waals surface area contributed by atoms with Gasteiger partial charge in [-0.3, -0.25) is 0 Å². The van der Waals surface area contributed by atoms with E-state index >= 15 is 0 Å². The average molecular weight is 727 g/mol. The Morgan fingerprint density at radius 3 is 1.50 bits per heavy atom. The summed E-state index contributed by atoms with van der Waals surface area (Å²) in [5.74, 6) is -1.49. The van der Waals surface area contributed by atoms with Gasteiger partial charge in [0.15, 0.2) is 0 Å². The minimum atomic E-state index is -2.83. The van der Waals surface area contributed by atoms with Crippen molar-refractivity contribution in [3.63, 3.8) is 0 Å². The fourth-order valence-corrected chi connectivity index (χ4v) is 4.67. The molecule has 0 saturated carbocycles. The van der Waals surface area contributed by atoms with Crippen LogP contribution < -0.4 is 10.6 Å². The van der Waals surface area contributed by atoms with Crippen molar-refractivity contribution in [2.75, 3.05) is 17.2 Å². The Morgan fingerprint density at radius 1 is 0.615 bits per heavy atom. The van der Waals surface area contributed by atoms with Gasteiger partial charge in [0.2, 0.25) is 11.9 Å². The maximum absolute atomic E-state index is 13.1. The van der Waals surface area contributed by atoms with Crippen molar-refractivity contribution in [2.45, 2.75) is 57.9 Å². The summed E-state index contributed by atoms with van der Waals surface area (Å²) in [6, 6.07) is 12.6. The van der Waals surface area contributed by atoms with Crippen LogP contribution >= 0.6 is 0 Å². The van der Waals surface area contributed by atoms with Crippen LogP contribution in [0.15, 0.2) is 82.2 Å². The maximum Gasteiger partial charge on any atom is 0.314 e.